The fourth-order valence-corrected chi connectivity index (χ4v) is 3.70. The second kappa shape index (κ2) is 9.15. The Morgan fingerprint density at radius 1 is 1.05 bits per heavy atom. The van der Waals surface area contributed by atoms with Crippen LogP contribution in [0.4, 0.5) is 0 Å². The lowest BCUT2D eigenvalue weighted by atomic mass is 9.68. The highest BCUT2D eigenvalue weighted by Gasteiger charge is 2.38. The molecule has 0 unspecified atom stereocenters. The zero-order valence-electron chi connectivity index (χ0n) is 15.3. The Bertz CT molecular complexity index is 261. The summed E-state index contributed by atoms with van der Waals surface area (Å²) >= 11 is 0. The monoisotopic (exact) mass is 297 g/mol. The summed E-state index contributed by atoms with van der Waals surface area (Å²) in [6.45, 7) is 11.4. The first kappa shape index (κ1) is 19.0. The lowest BCUT2D eigenvalue weighted by Crippen LogP contribution is -2.46. The Labute approximate surface area is 133 Å². The lowest BCUT2D eigenvalue weighted by molar-refractivity contribution is -0.0846. The third kappa shape index (κ3) is 6.69. The maximum Gasteiger partial charge on any atom is 0.0806 e. The number of nitrogens with one attached hydrogen (secondary N) is 1. The van der Waals surface area contributed by atoms with E-state index in [-0.39, 0.29) is 5.60 Å². The molecule has 21 heavy (non-hydrogen) atoms. The third-order valence-electron chi connectivity index (χ3n) is 5.28. The minimum atomic E-state index is 0.112. The van der Waals surface area contributed by atoms with Crippen molar-refractivity contribution in [3.8, 4) is 0 Å². The molecule has 0 amide bonds. The molecule has 2 heteroatoms. The van der Waals surface area contributed by atoms with Crippen molar-refractivity contribution >= 4 is 0 Å². The molecule has 0 spiro atoms. The van der Waals surface area contributed by atoms with Crippen molar-refractivity contribution < 1.29 is 4.74 Å². The highest BCUT2D eigenvalue weighted by molar-refractivity contribution is 4.91. The van der Waals surface area contributed by atoms with Crippen LogP contribution in [0.25, 0.3) is 0 Å². The molecule has 0 saturated heterocycles. The molecule has 1 fully saturated rings. The highest BCUT2D eigenvalue weighted by Crippen LogP contribution is 2.42. The van der Waals surface area contributed by atoms with Crippen molar-refractivity contribution in [2.24, 2.45) is 11.3 Å². The Morgan fingerprint density at radius 3 is 2.19 bits per heavy atom. The summed E-state index contributed by atoms with van der Waals surface area (Å²) in [5, 5.41) is 3.37. The van der Waals surface area contributed by atoms with Gasteiger partial charge in [0.25, 0.3) is 0 Å². The van der Waals surface area contributed by atoms with Gasteiger partial charge in [0.2, 0.25) is 0 Å². The molecule has 126 valence electrons. The van der Waals surface area contributed by atoms with E-state index >= 15 is 0 Å². The fraction of sp³-hybridized carbons (Fsp3) is 1.00. The summed E-state index contributed by atoms with van der Waals surface area (Å²) in [6, 6.07) is 0. The van der Waals surface area contributed by atoms with E-state index < -0.39 is 0 Å². The number of hydrogen-bond acceptors (Lipinski definition) is 2. The Kier molecular flexibility index (Phi) is 8.26. The molecule has 1 aliphatic carbocycles. The first-order chi connectivity index (χ1) is 9.93. The predicted molar refractivity (Wildman–Crippen MR) is 92.8 cm³/mol. The van der Waals surface area contributed by atoms with Crippen LogP contribution in [0, 0.1) is 11.3 Å². The maximum absolute atomic E-state index is 6.39. The van der Waals surface area contributed by atoms with Gasteiger partial charge in [0.15, 0.2) is 0 Å². The van der Waals surface area contributed by atoms with Crippen LogP contribution in [0.2, 0.25) is 0 Å². The van der Waals surface area contributed by atoms with Crippen molar-refractivity contribution in [2.45, 2.75) is 91.1 Å². The molecule has 1 aliphatic rings. The zero-order chi connectivity index (χ0) is 15.8. The molecular formula is C19H39NO. The smallest absolute Gasteiger partial charge is 0.0806 e. The van der Waals surface area contributed by atoms with E-state index in [1.807, 2.05) is 0 Å². The van der Waals surface area contributed by atoms with Gasteiger partial charge in [0.1, 0.15) is 0 Å². The van der Waals surface area contributed by atoms with Crippen LogP contribution in [-0.2, 0) is 4.74 Å². The molecule has 0 aromatic rings. The van der Waals surface area contributed by atoms with E-state index in [4.69, 9.17) is 4.74 Å². The van der Waals surface area contributed by atoms with Crippen LogP contribution in [-0.4, -0.2) is 25.8 Å². The average molecular weight is 298 g/mol. The topological polar surface area (TPSA) is 21.3 Å². The number of ether oxygens (including phenoxy) is 1. The summed E-state index contributed by atoms with van der Waals surface area (Å²) in [7, 11) is 2.06. The van der Waals surface area contributed by atoms with Gasteiger partial charge in [-0.25, -0.2) is 0 Å². The van der Waals surface area contributed by atoms with E-state index in [9.17, 15) is 0 Å². The van der Waals surface area contributed by atoms with Gasteiger partial charge in [0.05, 0.1) is 5.60 Å². The van der Waals surface area contributed by atoms with E-state index in [1.165, 1.54) is 57.8 Å². The van der Waals surface area contributed by atoms with Crippen LogP contribution >= 0.6 is 0 Å². The standard InChI is InChI=1S/C19H39NO/c1-6-7-8-9-10-15-21-19(16-20-5)13-11-17(12-14-19)18(2,3)4/h17,20H,6-16H2,1-5H3. The Balaban J connectivity index is 2.35. The second-order valence-corrected chi connectivity index (χ2v) is 8.12. The zero-order valence-corrected chi connectivity index (χ0v) is 15.3. The highest BCUT2D eigenvalue weighted by atomic mass is 16.5. The lowest BCUT2D eigenvalue weighted by Gasteiger charge is -2.44. The molecule has 0 aromatic heterocycles. The molecule has 0 radical (unpaired) electrons. The van der Waals surface area contributed by atoms with Crippen molar-refractivity contribution in [3.05, 3.63) is 0 Å². The molecular weight excluding hydrogens is 258 g/mol. The molecule has 1 rings (SSSR count). The summed E-state index contributed by atoms with van der Waals surface area (Å²) in [5.74, 6) is 0.857. The van der Waals surface area contributed by atoms with Crippen LogP contribution in [0.3, 0.4) is 0 Å². The minimum Gasteiger partial charge on any atom is -0.374 e. The summed E-state index contributed by atoms with van der Waals surface area (Å²) < 4.78 is 6.39. The molecule has 0 aliphatic heterocycles. The van der Waals surface area contributed by atoms with Crippen LogP contribution < -0.4 is 5.32 Å². The third-order valence-corrected chi connectivity index (χ3v) is 5.28. The van der Waals surface area contributed by atoms with Crippen LogP contribution in [0.1, 0.15) is 85.5 Å². The summed E-state index contributed by atoms with van der Waals surface area (Å²) in [4.78, 5) is 0. The molecule has 0 aromatic carbocycles. The van der Waals surface area contributed by atoms with Gasteiger partial charge in [-0.1, -0.05) is 53.4 Å². The Hall–Kier alpha value is -0.0800. The van der Waals surface area contributed by atoms with Crippen LogP contribution in [0.5, 0.6) is 0 Å². The second-order valence-electron chi connectivity index (χ2n) is 8.12. The molecule has 0 atom stereocenters. The molecule has 1 saturated carbocycles. The number of hydrogen-bond donors (Lipinski definition) is 1. The van der Waals surface area contributed by atoms with Gasteiger partial charge in [0, 0.05) is 13.2 Å². The Morgan fingerprint density at radius 2 is 1.67 bits per heavy atom. The number of likely N-dealkylation sites (N-methyl/N-ethyl adjacent to an activating group) is 1. The molecule has 2 nitrogen and oxygen atoms in total. The van der Waals surface area contributed by atoms with Crippen molar-refractivity contribution in [2.75, 3.05) is 20.2 Å². The molecule has 0 bridgehead atoms. The van der Waals surface area contributed by atoms with Crippen molar-refractivity contribution in [1.29, 1.82) is 0 Å². The minimum absolute atomic E-state index is 0.112. The van der Waals surface area contributed by atoms with Gasteiger partial charge in [-0.3, -0.25) is 0 Å². The SMILES string of the molecule is CCCCCCCOC1(CNC)CCC(C(C)(C)C)CC1. The molecule has 1 N–H and O–H groups in total. The number of unbranched alkanes of at least 4 members (excludes halogenated alkanes) is 4. The van der Waals surface area contributed by atoms with E-state index in [0.717, 1.165) is 19.1 Å². The normalized spacial score (nSPS) is 27.0. The predicted octanol–water partition coefficient (Wildman–Crippen LogP) is 5.17. The first-order valence-corrected chi connectivity index (χ1v) is 9.22. The van der Waals surface area contributed by atoms with Crippen molar-refractivity contribution in [1.82, 2.24) is 5.32 Å². The van der Waals surface area contributed by atoms with Gasteiger partial charge < -0.3 is 10.1 Å². The van der Waals surface area contributed by atoms with E-state index in [1.54, 1.807) is 0 Å². The fourth-order valence-electron chi connectivity index (χ4n) is 3.70. The summed E-state index contributed by atoms with van der Waals surface area (Å²) in [6.07, 6.45) is 11.7. The largest absolute Gasteiger partial charge is 0.374 e. The van der Waals surface area contributed by atoms with Crippen LogP contribution in [0.15, 0.2) is 0 Å². The number of rotatable bonds is 9. The van der Waals surface area contributed by atoms with E-state index in [0.29, 0.717) is 5.41 Å². The van der Waals surface area contributed by atoms with Gasteiger partial charge >= 0.3 is 0 Å². The van der Waals surface area contributed by atoms with Gasteiger partial charge in [-0.15, -0.1) is 0 Å². The van der Waals surface area contributed by atoms with Gasteiger partial charge in [-0.05, 0) is 50.5 Å². The first-order valence-electron chi connectivity index (χ1n) is 9.22. The summed E-state index contributed by atoms with van der Waals surface area (Å²) in [5.41, 5.74) is 0.563. The van der Waals surface area contributed by atoms with Gasteiger partial charge in [-0.2, -0.15) is 0 Å². The quantitative estimate of drug-likeness (QED) is 0.593. The molecule has 0 heterocycles. The average Bonchev–Trinajstić information content (AvgIpc) is 2.43. The van der Waals surface area contributed by atoms with Crippen molar-refractivity contribution in [3.63, 3.8) is 0 Å². The van der Waals surface area contributed by atoms with E-state index in [2.05, 4.69) is 40.1 Å². The maximum atomic E-state index is 6.39.